The fourth-order valence-electron chi connectivity index (χ4n) is 3.14. The van der Waals surface area contributed by atoms with Crippen molar-refractivity contribution in [3.63, 3.8) is 0 Å². The third kappa shape index (κ3) is 2.50. The smallest absolute Gasteiger partial charge is 0.265 e. The quantitative estimate of drug-likeness (QED) is 0.831. The van der Waals surface area contributed by atoms with Crippen molar-refractivity contribution in [2.75, 3.05) is 30.8 Å². The summed E-state index contributed by atoms with van der Waals surface area (Å²) in [5.74, 6) is 0. The number of fused-ring (bicyclic) bond motifs is 1. The first-order valence-electron chi connectivity index (χ1n) is 6.97. The summed E-state index contributed by atoms with van der Waals surface area (Å²) < 4.78 is 26.9. The number of imidazole rings is 1. The Morgan fingerprint density at radius 1 is 1.32 bits per heavy atom. The number of piperazine rings is 1. The summed E-state index contributed by atoms with van der Waals surface area (Å²) in [6.07, 6.45) is 4.45. The first kappa shape index (κ1) is 15.0. The molecule has 3 rings (SSSR count). The Kier molecular flexibility index (Phi) is 3.29. The van der Waals surface area contributed by atoms with Crippen LogP contribution in [-0.2, 0) is 10.0 Å². The zero-order chi connectivity index (χ0) is 16.1. The topological polar surface area (TPSA) is 90.8 Å². The Morgan fingerprint density at radius 2 is 2.05 bits per heavy atom. The van der Waals surface area contributed by atoms with Crippen molar-refractivity contribution in [3.05, 3.63) is 28.9 Å². The highest BCUT2D eigenvalue weighted by Gasteiger charge is 2.39. The number of H-pyrrole nitrogens is 1. The van der Waals surface area contributed by atoms with E-state index in [1.54, 1.807) is 10.7 Å². The van der Waals surface area contributed by atoms with Gasteiger partial charge in [-0.05, 0) is 13.8 Å². The number of anilines is 1. The normalized spacial score (nSPS) is 19.7. The molecule has 1 aliphatic rings. The fraction of sp³-hybridized carbons (Fsp3) is 0.538. The lowest BCUT2D eigenvalue weighted by Gasteiger charge is -2.46. The number of rotatable bonds is 2. The second kappa shape index (κ2) is 4.82. The van der Waals surface area contributed by atoms with Crippen molar-refractivity contribution in [1.29, 1.82) is 0 Å². The molecule has 1 fully saturated rings. The lowest BCUT2D eigenvalue weighted by atomic mass is 10.0. The molecule has 120 valence electrons. The maximum Gasteiger partial charge on any atom is 0.265 e. The SMILES string of the molecule is CC1(C)CN(c2cc(=O)[nH]n3cncc23)CCN1S(C)(=O)=O. The van der Waals surface area contributed by atoms with E-state index in [1.807, 2.05) is 18.7 Å². The van der Waals surface area contributed by atoms with Crippen LogP contribution in [0.4, 0.5) is 5.69 Å². The van der Waals surface area contributed by atoms with Crippen molar-refractivity contribution < 1.29 is 8.42 Å². The largest absolute Gasteiger partial charge is 0.366 e. The van der Waals surface area contributed by atoms with Gasteiger partial charge in [0.2, 0.25) is 10.0 Å². The molecule has 0 spiro atoms. The van der Waals surface area contributed by atoms with E-state index in [-0.39, 0.29) is 5.56 Å². The van der Waals surface area contributed by atoms with Gasteiger partial charge in [-0.2, -0.15) is 4.31 Å². The van der Waals surface area contributed by atoms with Gasteiger partial charge in [0.1, 0.15) is 11.8 Å². The van der Waals surface area contributed by atoms with Gasteiger partial charge < -0.3 is 4.90 Å². The molecular weight excluding hydrogens is 306 g/mol. The number of nitrogens with zero attached hydrogens (tertiary/aromatic N) is 4. The van der Waals surface area contributed by atoms with Crippen LogP contribution in [0.25, 0.3) is 5.52 Å². The van der Waals surface area contributed by atoms with Gasteiger partial charge in [-0.1, -0.05) is 0 Å². The summed E-state index contributed by atoms with van der Waals surface area (Å²) in [5.41, 5.74) is 0.792. The van der Waals surface area contributed by atoms with Crippen molar-refractivity contribution in [3.8, 4) is 0 Å². The molecule has 8 nitrogen and oxygen atoms in total. The van der Waals surface area contributed by atoms with Crippen LogP contribution in [0.1, 0.15) is 13.8 Å². The molecule has 2 aromatic heterocycles. The van der Waals surface area contributed by atoms with Crippen molar-refractivity contribution in [2.24, 2.45) is 0 Å². The molecule has 0 radical (unpaired) electrons. The third-order valence-corrected chi connectivity index (χ3v) is 5.44. The molecule has 0 amide bonds. The van der Waals surface area contributed by atoms with Crippen LogP contribution >= 0.6 is 0 Å². The highest BCUT2D eigenvalue weighted by atomic mass is 32.2. The molecule has 0 bridgehead atoms. The number of aromatic nitrogens is 3. The van der Waals surface area contributed by atoms with E-state index >= 15 is 0 Å². The number of hydrogen-bond donors (Lipinski definition) is 1. The Balaban J connectivity index is 2.01. The molecule has 1 N–H and O–H groups in total. The number of nitrogens with one attached hydrogen (secondary N) is 1. The summed E-state index contributed by atoms with van der Waals surface area (Å²) in [4.78, 5) is 17.9. The van der Waals surface area contributed by atoms with Crippen molar-refractivity contribution in [2.45, 2.75) is 19.4 Å². The van der Waals surface area contributed by atoms with E-state index in [2.05, 4.69) is 10.1 Å². The summed E-state index contributed by atoms with van der Waals surface area (Å²) in [7, 11) is -3.26. The Labute approximate surface area is 128 Å². The molecule has 9 heteroatoms. The van der Waals surface area contributed by atoms with E-state index < -0.39 is 15.6 Å². The first-order valence-corrected chi connectivity index (χ1v) is 8.81. The summed E-state index contributed by atoms with van der Waals surface area (Å²) in [5, 5.41) is 2.67. The van der Waals surface area contributed by atoms with E-state index in [0.717, 1.165) is 11.2 Å². The van der Waals surface area contributed by atoms with E-state index in [0.29, 0.717) is 19.6 Å². The molecule has 0 aromatic carbocycles. The van der Waals surface area contributed by atoms with E-state index in [4.69, 9.17) is 0 Å². The lowest BCUT2D eigenvalue weighted by molar-refractivity contribution is 0.206. The van der Waals surface area contributed by atoms with E-state index in [1.165, 1.54) is 23.0 Å². The molecule has 0 aliphatic carbocycles. The Hall–Kier alpha value is -1.87. The first-order chi connectivity index (χ1) is 10.2. The minimum Gasteiger partial charge on any atom is -0.366 e. The molecule has 0 saturated carbocycles. The van der Waals surface area contributed by atoms with Crippen LogP contribution in [0, 0.1) is 0 Å². The minimum atomic E-state index is -3.26. The second-order valence-corrected chi connectivity index (χ2v) is 8.13. The summed E-state index contributed by atoms with van der Waals surface area (Å²) in [6.45, 7) is 5.20. The highest BCUT2D eigenvalue weighted by Crippen LogP contribution is 2.28. The fourth-order valence-corrected chi connectivity index (χ4v) is 4.50. The van der Waals surface area contributed by atoms with E-state index in [9.17, 15) is 13.2 Å². The standard InChI is InChI=1S/C13H19N5O3S/c1-13(2)8-16(4-5-18(13)22(3,20)21)10-6-12(19)15-17-9-14-7-11(10)17/h6-7,9H,4-5,8H2,1-3H3,(H,15,19). The van der Waals surface area contributed by atoms with Gasteiger partial charge in [0.05, 0.1) is 18.1 Å². The van der Waals surface area contributed by atoms with Gasteiger partial charge in [0.25, 0.3) is 5.56 Å². The van der Waals surface area contributed by atoms with Crippen molar-refractivity contribution >= 4 is 21.2 Å². The van der Waals surface area contributed by atoms with Gasteiger partial charge in [0.15, 0.2) is 0 Å². The summed E-state index contributed by atoms with van der Waals surface area (Å²) >= 11 is 0. The predicted molar refractivity (Wildman–Crippen MR) is 83.7 cm³/mol. The predicted octanol–water partition coefficient (Wildman–Crippen LogP) is -0.117. The van der Waals surface area contributed by atoms with Crippen LogP contribution in [0.15, 0.2) is 23.4 Å². The van der Waals surface area contributed by atoms with Gasteiger partial charge >= 0.3 is 0 Å². The van der Waals surface area contributed by atoms with Crippen LogP contribution in [0.2, 0.25) is 0 Å². The highest BCUT2D eigenvalue weighted by molar-refractivity contribution is 7.88. The maximum atomic E-state index is 11.9. The molecule has 2 aromatic rings. The molecular formula is C13H19N5O3S. The van der Waals surface area contributed by atoms with Crippen LogP contribution < -0.4 is 10.5 Å². The number of hydrogen-bond acceptors (Lipinski definition) is 5. The number of sulfonamides is 1. The Morgan fingerprint density at radius 3 is 2.68 bits per heavy atom. The molecule has 1 saturated heterocycles. The summed E-state index contributed by atoms with van der Waals surface area (Å²) in [6, 6.07) is 1.53. The molecule has 22 heavy (non-hydrogen) atoms. The number of aromatic amines is 1. The average molecular weight is 325 g/mol. The molecule has 0 unspecified atom stereocenters. The van der Waals surface area contributed by atoms with Gasteiger partial charge in [-0.15, -0.1) is 0 Å². The molecule has 3 heterocycles. The van der Waals surface area contributed by atoms with Crippen LogP contribution in [0.5, 0.6) is 0 Å². The maximum absolute atomic E-state index is 11.9. The van der Waals surface area contributed by atoms with Gasteiger partial charge in [-0.3, -0.25) is 9.89 Å². The molecule has 1 aliphatic heterocycles. The lowest BCUT2D eigenvalue weighted by Crippen LogP contribution is -2.61. The van der Waals surface area contributed by atoms with Gasteiger partial charge in [0, 0.05) is 31.2 Å². The zero-order valence-corrected chi connectivity index (χ0v) is 13.6. The van der Waals surface area contributed by atoms with Crippen LogP contribution in [-0.4, -0.2) is 58.8 Å². The average Bonchev–Trinajstić information content (AvgIpc) is 2.82. The third-order valence-electron chi connectivity index (χ3n) is 3.97. The molecule has 0 atom stereocenters. The monoisotopic (exact) mass is 325 g/mol. The van der Waals surface area contributed by atoms with Gasteiger partial charge in [-0.25, -0.2) is 17.9 Å². The zero-order valence-electron chi connectivity index (χ0n) is 12.8. The Bertz CT molecular complexity index is 867. The minimum absolute atomic E-state index is 0.219. The van der Waals surface area contributed by atoms with Crippen LogP contribution in [0.3, 0.4) is 0 Å². The second-order valence-electron chi connectivity index (χ2n) is 6.22. The van der Waals surface area contributed by atoms with Crippen molar-refractivity contribution in [1.82, 2.24) is 18.9 Å².